The zero-order valence-electron chi connectivity index (χ0n) is 12.8. The van der Waals surface area contributed by atoms with E-state index in [1.165, 1.54) is 26.4 Å². The number of unbranched alkanes of at least 4 members (excludes halogenated alkanes) is 3. The second-order valence-electron chi connectivity index (χ2n) is 4.66. The molecule has 1 aromatic carbocycles. The highest BCUT2D eigenvalue weighted by molar-refractivity contribution is 5.90. The van der Waals surface area contributed by atoms with Gasteiger partial charge in [-0.15, -0.1) is 0 Å². The summed E-state index contributed by atoms with van der Waals surface area (Å²) in [4.78, 5) is 11.6. The van der Waals surface area contributed by atoms with Crippen LogP contribution < -0.4 is 9.47 Å². The lowest BCUT2D eigenvalue weighted by Crippen LogP contribution is -2.05. The number of ether oxygens (including phenoxy) is 3. The molecule has 0 heterocycles. The minimum Gasteiger partial charge on any atom is -0.496 e. The molecule has 0 atom stereocenters. The molecule has 4 heteroatoms. The SMILES string of the molecule is CCCCCCc1c(OC)cc(C(=O)OC)cc1OC. The highest BCUT2D eigenvalue weighted by Crippen LogP contribution is 2.32. The zero-order chi connectivity index (χ0) is 15.0. The van der Waals surface area contributed by atoms with Crippen molar-refractivity contribution in [1.29, 1.82) is 0 Å². The van der Waals surface area contributed by atoms with Crippen LogP contribution in [-0.2, 0) is 11.2 Å². The van der Waals surface area contributed by atoms with Crippen LogP contribution in [0.25, 0.3) is 0 Å². The Balaban J connectivity index is 2.99. The molecule has 0 unspecified atom stereocenters. The topological polar surface area (TPSA) is 44.8 Å². The Hall–Kier alpha value is -1.71. The Kier molecular flexibility index (Phi) is 6.91. The first kappa shape index (κ1) is 16.3. The van der Waals surface area contributed by atoms with Crippen LogP contribution in [0.5, 0.6) is 11.5 Å². The fourth-order valence-corrected chi connectivity index (χ4v) is 2.19. The van der Waals surface area contributed by atoms with Gasteiger partial charge in [-0.2, -0.15) is 0 Å². The van der Waals surface area contributed by atoms with E-state index < -0.39 is 0 Å². The van der Waals surface area contributed by atoms with Gasteiger partial charge in [0.25, 0.3) is 0 Å². The van der Waals surface area contributed by atoms with Crippen LogP contribution in [0, 0.1) is 0 Å². The van der Waals surface area contributed by atoms with E-state index in [2.05, 4.69) is 6.92 Å². The summed E-state index contributed by atoms with van der Waals surface area (Å²) >= 11 is 0. The molecular weight excluding hydrogens is 256 g/mol. The molecule has 0 N–H and O–H groups in total. The monoisotopic (exact) mass is 280 g/mol. The number of benzene rings is 1. The van der Waals surface area contributed by atoms with E-state index in [0.717, 1.165) is 18.4 Å². The number of methoxy groups -OCH3 is 3. The van der Waals surface area contributed by atoms with E-state index in [4.69, 9.17) is 14.2 Å². The maximum atomic E-state index is 11.6. The third kappa shape index (κ3) is 4.15. The molecule has 0 fully saturated rings. The maximum absolute atomic E-state index is 11.6. The summed E-state index contributed by atoms with van der Waals surface area (Å²) < 4.78 is 15.5. The number of carbonyl (C=O) groups excluding carboxylic acids is 1. The summed E-state index contributed by atoms with van der Waals surface area (Å²) in [5.41, 5.74) is 1.46. The fourth-order valence-electron chi connectivity index (χ4n) is 2.19. The number of esters is 1. The predicted octanol–water partition coefficient (Wildman–Crippen LogP) is 3.61. The average molecular weight is 280 g/mol. The molecule has 0 amide bonds. The van der Waals surface area contributed by atoms with Crippen molar-refractivity contribution >= 4 is 5.97 Å². The molecule has 0 saturated carbocycles. The van der Waals surface area contributed by atoms with Crippen molar-refractivity contribution in [2.75, 3.05) is 21.3 Å². The molecular formula is C16H24O4. The van der Waals surface area contributed by atoms with Crippen LogP contribution >= 0.6 is 0 Å². The van der Waals surface area contributed by atoms with Crippen molar-refractivity contribution in [2.24, 2.45) is 0 Å². The van der Waals surface area contributed by atoms with E-state index >= 15 is 0 Å². The van der Waals surface area contributed by atoms with Crippen molar-refractivity contribution in [3.05, 3.63) is 23.3 Å². The van der Waals surface area contributed by atoms with Gasteiger partial charge in [-0.25, -0.2) is 4.79 Å². The van der Waals surface area contributed by atoms with Crippen LogP contribution in [-0.4, -0.2) is 27.3 Å². The maximum Gasteiger partial charge on any atom is 0.338 e. The minimum absolute atomic E-state index is 0.390. The second-order valence-corrected chi connectivity index (χ2v) is 4.66. The molecule has 0 aromatic heterocycles. The second kappa shape index (κ2) is 8.46. The van der Waals surface area contributed by atoms with E-state index in [1.54, 1.807) is 26.4 Å². The van der Waals surface area contributed by atoms with Gasteiger partial charge in [-0.1, -0.05) is 26.2 Å². The van der Waals surface area contributed by atoms with E-state index in [0.29, 0.717) is 17.1 Å². The van der Waals surface area contributed by atoms with Gasteiger partial charge >= 0.3 is 5.97 Å². The molecule has 0 saturated heterocycles. The van der Waals surface area contributed by atoms with Crippen molar-refractivity contribution in [3.8, 4) is 11.5 Å². The summed E-state index contributed by atoms with van der Waals surface area (Å²) in [5.74, 6) is 0.974. The molecule has 0 aliphatic carbocycles. The standard InChI is InChI=1S/C16H24O4/c1-5-6-7-8-9-13-14(18-2)10-12(16(17)20-4)11-15(13)19-3/h10-11H,5-9H2,1-4H3. The third-order valence-corrected chi connectivity index (χ3v) is 3.31. The Morgan fingerprint density at radius 2 is 1.60 bits per heavy atom. The first-order valence-corrected chi connectivity index (χ1v) is 7.01. The van der Waals surface area contributed by atoms with Gasteiger partial charge in [-0.3, -0.25) is 0 Å². The van der Waals surface area contributed by atoms with Crippen LogP contribution in [0.4, 0.5) is 0 Å². The first-order valence-electron chi connectivity index (χ1n) is 7.01. The predicted molar refractivity (Wildman–Crippen MR) is 78.7 cm³/mol. The number of hydrogen-bond donors (Lipinski definition) is 0. The van der Waals surface area contributed by atoms with E-state index in [-0.39, 0.29) is 5.97 Å². The molecule has 112 valence electrons. The number of carbonyl (C=O) groups is 1. The average Bonchev–Trinajstić information content (AvgIpc) is 2.50. The van der Waals surface area contributed by atoms with Crippen LogP contribution in [0.15, 0.2) is 12.1 Å². The van der Waals surface area contributed by atoms with Gasteiger partial charge < -0.3 is 14.2 Å². The number of hydrogen-bond acceptors (Lipinski definition) is 4. The Bertz CT molecular complexity index is 415. The molecule has 0 aliphatic heterocycles. The molecule has 1 aromatic rings. The summed E-state index contributed by atoms with van der Waals surface area (Å²) in [6.45, 7) is 2.19. The summed E-state index contributed by atoms with van der Waals surface area (Å²) in [6, 6.07) is 3.42. The molecule has 4 nitrogen and oxygen atoms in total. The first-order chi connectivity index (χ1) is 9.67. The van der Waals surface area contributed by atoms with Crippen LogP contribution in [0.3, 0.4) is 0 Å². The number of rotatable bonds is 8. The van der Waals surface area contributed by atoms with Crippen LogP contribution in [0.2, 0.25) is 0 Å². The summed E-state index contributed by atoms with van der Waals surface area (Å²) in [5, 5.41) is 0. The van der Waals surface area contributed by atoms with E-state index in [1.807, 2.05) is 0 Å². The van der Waals surface area contributed by atoms with Gasteiger partial charge in [0.1, 0.15) is 11.5 Å². The van der Waals surface area contributed by atoms with E-state index in [9.17, 15) is 4.79 Å². The fraction of sp³-hybridized carbons (Fsp3) is 0.562. The van der Waals surface area contributed by atoms with Gasteiger partial charge in [0.15, 0.2) is 0 Å². The lowest BCUT2D eigenvalue weighted by atomic mass is 10.0. The molecule has 1 rings (SSSR count). The van der Waals surface area contributed by atoms with Crippen molar-refractivity contribution in [1.82, 2.24) is 0 Å². The largest absolute Gasteiger partial charge is 0.496 e. The highest BCUT2D eigenvalue weighted by atomic mass is 16.5. The smallest absolute Gasteiger partial charge is 0.338 e. The third-order valence-electron chi connectivity index (χ3n) is 3.31. The summed E-state index contributed by atoms with van der Waals surface area (Å²) in [7, 11) is 4.57. The molecule has 20 heavy (non-hydrogen) atoms. The quantitative estimate of drug-likeness (QED) is 0.539. The lowest BCUT2D eigenvalue weighted by molar-refractivity contribution is 0.0600. The normalized spacial score (nSPS) is 10.2. The Morgan fingerprint density at radius 1 is 1.00 bits per heavy atom. The highest BCUT2D eigenvalue weighted by Gasteiger charge is 2.16. The Morgan fingerprint density at radius 3 is 2.05 bits per heavy atom. The lowest BCUT2D eigenvalue weighted by Gasteiger charge is -2.14. The zero-order valence-corrected chi connectivity index (χ0v) is 12.8. The Labute approximate surface area is 121 Å². The molecule has 0 spiro atoms. The molecule has 0 radical (unpaired) electrons. The van der Waals surface area contributed by atoms with Gasteiger partial charge in [0.05, 0.1) is 26.9 Å². The van der Waals surface area contributed by atoms with Gasteiger partial charge in [-0.05, 0) is 25.0 Å². The van der Waals surface area contributed by atoms with Crippen molar-refractivity contribution in [3.63, 3.8) is 0 Å². The minimum atomic E-state index is -0.390. The van der Waals surface area contributed by atoms with Gasteiger partial charge in [0.2, 0.25) is 0 Å². The molecule has 0 bridgehead atoms. The molecule has 0 aliphatic rings. The summed E-state index contributed by atoms with van der Waals surface area (Å²) in [6.07, 6.45) is 5.58. The van der Waals surface area contributed by atoms with Crippen molar-refractivity contribution in [2.45, 2.75) is 39.0 Å². The van der Waals surface area contributed by atoms with Crippen molar-refractivity contribution < 1.29 is 19.0 Å². The van der Waals surface area contributed by atoms with Crippen LogP contribution in [0.1, 0.15) is 48.5 Å². The van der Waals surface area contributed by atoms with Gasteiger partial charge in [0, 0.05) is 5.56 Å².